The molecule has 0 atom stereocenters. The van der Waals surface area contributed by atoms with Crippen molar-refractivity contribution in [3.05, 3.63) is 38.9 Å². The number of hydrogen-bond donors (Lipinski definition) is 1. The Bertz CT molecular complexity index is 560. The van der Waals surface area contributed by atoms with Gasteiger partial charge in [-0.25, -0.2) is 4.98 Å². The summed E-state index contributed by atoms with van der Waals surface area (Å²) < 4.78 is 0. The average Bonchev–Trinajstić information content (AvgIpc) is 2.07. The van der Waals surface area contributed by atoms with Crippen LogP contribution in [0.25, 0.3) is 10.9 Å². The Kier molecular flexibility index (Phi) is 2.04. The number of aryl methyl sites for hydroxylation is 2. The number of aromatic amines is 1. The van der Waals surface area contributed by atoms with Crippen molar-refractivity contribution in [3.8, 4) is 0 Å². The predicted octanol–water partition coefficient (Wildman–Crippen LogP) is 2.19. The van der Waals surface area contributed by atoms with Gasteiger partial charge in [-0.1, -0.05) is 6.07 Å². The number of halogens is 1. The van der Waals surface area contributed by atoms with Gasteiger partial charge in [0.25, 0.3) is 5.56 Å². The lowest BCUT2D eigenvalue weighted by Crippen LogP contribution is -2.08. The minimum Gasteiger partial charge on any atom is -0.297 e. The fourth-order valence-corrected chi connectivity index (χ4v) is 1.74. The number of hydrogen-bond acceptors (Lipinski definition) is 2. The maximum Gasteiger partial charge on any atom is 0.259 e. The van der Waals surface area contributed by atoms with Crippen LogP contribution in [0.2, 0.25) is 5.28 Å². The van der Waals surface area contributed by atoms with E-state index in [0.717, 1.165) is 11.1 Å². The van der Waals surface area contributed by atoms with Crippen molar-refractivity contribution in [2.45, 2.75) is 13.8 Å². The molecule has 0 aliphatic rings. The van der Waals surface area contributed by atoms with Crippen LogP contribution in [0.3, 0.4) is 0 Å². The first kappa shape index (κ1) is 9.21. The summed E-state index contributed by atoms with van der Waals surface area (Å²) in [6.07, 6.45) is 0. The smallest absolute Gasteiger partial charge is 0.259 e. The van der Waals surface area contributed by atoms with E-state index >= 15 is 0 Å². The van der Waals surface area contributed by atoms with Crippen molar-refractivity contribution in [2.75, 3.05) is 0 Å². The molecule has 0 spiro atoms. The Balaban J connectivity index is 3.02. The Morgan fingerprint density at radius 1 is 1.36 bits per heavy atom. The molecule has 0 bridgehead atoms. The monoisotopic (exact) mass is 208 g/mol. The molecule has 0 unspecified atom stereocenters. The molecule has 0 aliphatic heterocycles. The normalized spacial score (nSPS) is 10.8. The number of aromatic nitrogens is 2. The molecule has 2 rings (SSSR count). The van der Waals surface area contributed by atoms with E-state index in [0.29, 0.717) is 10.9 Å². The highest BCUT2D eigenvalue weighted by Crippen LogP contribution is 2.16. The quantitative estimate of drug-likeness (QED) is 0.675. The molecule has 1 aromatic carbocycles. The van der Waals surface area contributed by atoms with E-state index in [4.69, 9.17) is 11.6 Å². The van der Waals surface area contributed by atoms with Crippen LogP contribution in [0.15, 0.2) is 16.9 Å². The molecule has 1 N–H and O–H groups in total. The molecule has 1 aromatic heterocycles. The molecule has 0 saturated heterocycles. The fourth-order valence-electron chi connectivity index (χ4n) is 1.57. The lowest BCUT2D eigenvalue weighted by Gasteiger charge is -2.02. The third-order valence-electron chi connectivity index (χ3n) is 2.12. The highest BCUT2D eigenvalue weighted by molar-refractivity contribution is 6.28. The summed E-state index contributed by atoms with van der Waals surface area (Å²) in [4.78, 5) is 18.1. The molecular formula is C10H9ClN2O. The van der Waals surface area contributed by atoms with Gasteiger partial charge >= 0.3 is 0 Å². The van der Waals surface area contributed by atoms with Gasteiger partial charge in [0.15, 0.2) is 0 Å². The summed E-state index contributed by atoms with van der Waals surface area (Å²) in [5.41, 5.74) is 2.49. The minimum absolute atomic E-state index is 0.134. The van der Waals surface area contributed by atoms with E-state index < -0.39 is 0 Å². The van der Waals surface area contributed by atoms with Gasteiger partial charge in [0.2, 0.25) is 5.28 Å². The standard InChI is InChI=1S/C10H9ClN2O/c1-5-3-6(2)8-7(4-5)9(14)13-10(11)12-8/h3-4H,1-2H3,(H,12,13,14). The molecule has 0 saturated carbocycles. The summed E-state index contributed by atoms with van der Waals surface area (Å²) in [7, 11) is 0. The van der Waals surface area contributed by atoms with Crippen LogP contribution in [-0.4, -0.2) is 9.97 Å². The van der Waals surface area contributed by atoms with Gasteiger partial charge in [0.1, 0.15) is 0 Å². The summed E-state index contributed by atoms with van der Waals surface area (Å²) >= 11 is 5.67. The first-order valence-electron chi connectivity index (χ1n) is 4.25. The first-order chi connectivity index (χ1) is 6.58. The fraction of sp³-hybridized carbons (Fsp3) is 0.200. The van der Waals surface area contributed by atoms with Crippen molar-refractivity contribution in [1.29, 1.82) is 0 Å². The van der Waals surface area contributed by atoms with Crippen molar-refractivity contribution in [2.24, 2.45) is 0 Å². The van der Waals surface area contributed by atoms with Crippen molar-refractivity contribution in [3.63, 3.8) is 0 Å². The Morgan fingerprint density at radius 2 is 2.07 bits per heavy atom. The van der Waals surface area contributed by atoms with E-state index in [1.165, 1.54) is 0 Å². The molecule has 14 heavy (non-hydrogen) atoms. The van der Waals surface area contributed by atoms with E-state index in [1.807, 2.05) is 26.0 Å². The maximum absolute atomic E-state index is 11.5. The maximum atomic E-state index is 11.5. The van der Waals surface area contributed by atoms with E-state index in [-0.39, 0.29) is 10.8 Å². The van der Waals surface area contributed by atoms with Crippen molar-refractivity contribution < 1.29 is 0 Å². The number of fused-ring (bicyclic) bond motifs is 1. The molecule has 2 aromatic rings. The molecule has 3 nitrogen and oxygen atoms in total. The molecule has 0 fully saturated rings. The summed E-state index contributed by atoms with van der Waals surface area (Å²) in [5, 5.41) is 0.723. The number of nitrogens with one attached hydrogen (secondary N) is 1. The third kappa shape index (κ3) is 1.40. The topological polar surface area (TPSA) is 45.8 Å². The van der Waals surface area contributed by atoms with Gasteiger partial charge in [-0.2, -0.15) is 0 Å². The lowest BCUT2D eigenvalue weighted by atomic mass is 10.1. The van der Waals surface area contributed by atoms with Crippen LogP contribution in [0, 0.1) is 13.8 Å². The van der Waals surface area contributed by atoms with Gasteiger partial charge in [0, 0.05) is 0 Å². The second kappa shape index (κ2) is 3.10. The zero-order valence-corrected chi connectivity index (χ0v) is 8.64. The van der Waals surface area contributed by atoms with Crippen LogP contribution in [-0.2, 0) is 0 Å². The zero-order chi connectivity index (χ0) is 10.3. The predicted molar refractivity (Wildman–Crippen MR) is 56.8 cm³/mol. The van der Waals surface area contributed by atoms with Crippen LogP contribution < -0.4 is 5.56 Å². The highest BCUT2D eigenvalue weighted by atomic mass is 35.5. The zero-order valence-electron chi connectivity index (χ0n) is 7.89. The molecule has 0 aliphatic carbocycles. The van der Waals surface area contributed by atoms with Crippen molar-refractivity contribution in [1.82, 2.24) is 9.97 Å². The highest BCUT2D eigenvalue weighted by Gasteiger charge is 2.05. The van der Waals surface area contributed by atoms with Crippen LogP contribution in [0.4, 0.5) is 0 Å². The number of nitrogens with zero attached hydrogens (tertiary/aromatic N) is 1. The Morgan fingerprint density at radius 3 is 2.79 bits per heavy atom. The Labute approximate surface area is 85.7 Å². The van der Waals surface area contributed by atoms with Crippen LogP contribution in [0.5, 0.6) is 0 Å². The van der Waals surface area contributed by atoms with Gasteiger partial charge in [-0.05, 0) is 42.6 Å². The number of benzene rings is 1. The van der Waals surface area contributed by atoms with Crippen LogP contribution >= 0.6 is 11.6 Å². The summed E-state index contributed by atoms with van der Waals surface area (Å²) in [6, 6.07) is 3.79. The SMILES string of the molecule is Cc1cc(C)c2nc(Cl)[nH]c(=O)c2c1. The molecule has 72 valence electrons. The van der Waals surface area contributed by atoms with E-state index in [2.05, 4.69) is 9.97 Å². The van der Waals surface area contributed by atoms with E-state index in [9.17, 15) is 4.79 Å². The third-order valence-corrected chi connectivity index (χ3v) is 2.30. The average molecular weight is 209 g/mol. The Hall–Kier alpha value is -1.35. The lowest BCUT2D eigenvalue weighted by molar-refractivity contribution is 1.16. The number of rotatable bonds is 0. The first-order valence-corrected chi connectivity index (χ1v) is 4.62. The second-order valence-electron chi connectivity index (χ2n) is 3.33. The molecule has 0 amide bonds. The summed E-state index contributed by atoms with van der Waals surface area (Å²) in [6.45, 7) is 3.86. The van der Waals surface area contributed by atoms with Crippen LogP contribution in [0.1, 0.15) is 11.1 Å². The number of H-pyrrole nitrogens is 1. The van der Waals surface area contributed by atoms with Gasteiger partial charge in [0.05, 0.1) is 10.9 Å². The van der Waals surface area contributed by atoms with Gasteiger partial charge in [-0.3, -0.25) is 9.78 Å². The largest absolute Gasteiger partial charge is 0.297 e. The molecular weight excluding hydrogens is 200 g/mol. The molecule has 1 heterocycles. The van der Waals surface area contributed by atoms with Crippen molar-refractivity contribution >= 4 is 22.5 Å². The minimum atomic E-state index is -0.188. The van der Waals surface area contributed by atoms with Gasteiger partial charge < -0.3 is 0 Å². The molecule has 4 heteroatoms. The summed E-state index contributed by atoms with van der Waals surface area (Å²) in [5.74, 6) is 0. The van der Waals surface area contributed by atoms with E-state index in [1.54, 1.807) is 0 Å². The van der Waals surface area contributed by atoms with Gasteiger partial charge in [-0.15, -0.1) is 0 Å². The molecule has 0 radical (unpaired) electrons. The second-order valence-corrected chi connectivity index (χ2v) is 3.69.